The quantitative estimate of drug-likeness (QED) is 0.865. The number of anilines is 2. The third kappa shape index (κ3) is 2.66. The monoisotopic (exact) mass is 320 g/mol. The first-order valence-corrected chi connectivity index (χ1v) is 8.59. The van der Waals surface area contributed by atoms with E-state index in [2.05, 4.69) is 0 Å². The van der Waals surface area contributed by atoms with Crippen molar-refractivity contribution in [2.45, 2.75) is 24.2 Å². The first-order valence-electron chi connectivity index (χ1n) is 7.15. The van der Waals surface area contributed by atoms with Gasteiger partial charge in [-0.3, -0.25) is 4.31 Å². The van der Waals surface area contributed by atoms with E-state index in [0.29, 0.717) is 17.9 Å². The number of benzene rings is 2. The molecule has 1 heterocycles. The molecule has 1 aliphatic heterocycles. The Labute approximate surface area is 129 Å². The van der Waals surface area contributed by atoms with E-state index >= 15 is 0 Å². The highest BCUT2D eigenvalue weighted by molar-refractivity contribution is 7.92. The zero-order chi connectivity index (χ0) is 15.7. The predicted octanol–water partition coefficient (Wildman–Crippen LogP) is 2.94. The fraction of sp³-hybridized carbons (Fsp3) is 0.250. The minimum Gasteiger partial charge on any atom is -0.399 e. The van der Waals surface area contributed by atoms with Crippen molar-refractivity contribution in [3.63, 3.8) is 0 Å². The number of fused-ring (bicyclic) bond motifs is 1. The summed E-state index contributed by atoms with van der Waals surface area (Å²) in [6.07, 6.45) is 2.36. The molecule has 0 fully saturated rings. The van der Waals surface area contributed by atoms with E-state index in [-0.39, 0.29) is 4.90 Å². The summed E-state index contributed by atoms with van der Waals surface area (Å²) in [7, 11) is -3.75. The Morgan fingerprint density at radius 1 is 1.09 bits per heavy atom. The maximum atomic E-state index is 13.6. The molecule has 2 N–H and O–H groups in total. The van der Waals surface area contributed by atoms with Crippen molar-refractivity contribution < 1.29 is 12.8 Å². The van der Waals surface area contributed by atoms with Crippen molar-refractivity contribution >= 4 is 21.4 Å². The van der Waals surface area contributed by atoms with Crippen LogP contribution in [0.1, 0.15) is 18.4 Å². The average Bonchev–Trinajstić information content (AvgIpc) is 2.69. The van der Waals surface area contributed by atoms with Gasteiger partial charge >= 0.3 is 0 Å². The number of nitrogens with two attached hydrogens (primary N) is 1. The van der Waals surface area contributed by atoms with E-state index in [1.54, 1.807) is 18.2 Å². The normalized spacial score (nSPS) is 15.2. The van der Waals surface area contributed by atoms with Crippen LogP contribution in [0.2, 0.25) is 0 Å². The van der Waals surface area contributed by atoms with Gasteiger partial charge in [0.25, 0.3) is 10.0 Å². The van der Waals surface area contributed by atoms with Crippen LogP contribution in [0.15, 0.2) is 47.4 Å². The number of hydrogen-bond donors (Lipinski definition) is 1. The molecule has 4 nitrogen and oxygen atoms in total. The summed E-state index contributed by atoms with van der Waals surface area (Å²) in [6, 6.07) is 10.5. The maximum Gasteiger partial charge on any atom is 0.264 e. The van der Waals surface area contributed by atoms with Crippen LogP contribution in [0.5, 0.6) is 0 Å². The molecule has 22 heavy (non-hydrogen) atoms. The summed E-state index contributed by atoms with van der Waals surface area (Å²) in [5, 5.41) is 0. The first-order chi connectivity index (χ1) is 10.5. The van der Waals surface area contributed by atoms with E-state index in [1.807, 2.05) is 0 Å². The molecule has 0 saturated heterocycles. The number of aryl methyl sites for hydroxylation is 1. The third-order valence-electron chi connectivity index (χ3n) is 3.82. The zero-order valence-electron chi connectivity index (χ0n) is 12.0. The molecule has 116 valence electrons. The molecule has 6 heteroatoms. The molecule has 0 unspecified atom stereocenters. The molecule has 3 rings (SSSR count). The largest absolute Gasteiger partial charge is 0.399 e. The minimum absolute atomic E-state index is 0.129. The van der Waals surface area contributed by atoms with Gasteiger partial charge in [0.1, 0.15) is 5.82 Å². The number of halogens is 1. The molecule has 0 spiro atoms. The Bertz CT molecular complexity index is 806. The Morgan fingerprint density at radius 3 is 2.68 bits per heavy atom. The van der Waals surface area contributed by atoms with Crippen molar-refractivity contribution in [3.8, 4) is 0 Å². The van der Waals surface area contributed by atoms with Crippen molar-refractivity contribution in [1.82, 2.24) is 0 Å². The van der Waals surface area contributed by atoms with Crippen LogP contribution in [0, 0.1) is 5.82 Å². The topological polar surface area (TPSA) is 63.4 Å². The SMILES string of the molecule is Nc1cccc(S(=O)(=O)N2CCCCc3ccc(F)cc32)c1. The summed E-state index contributed by atoms with van der Waals surface area (Å²) in [5.41, 5.74) is 7.36. The van der Waals surface area contributed by atoms with E-state index in [9.17, 15) is 12.8 Å². The van der Waals surface area contributed by atoms with Gasteiger partial charge in [0.2, 0.25) is 0 Å². The van der Waals surface area contributed by atoms with Crippen molar-refractivity contribution in [2.75, 3.05) is 16.6 Å². The van der Waals surface area contributed by atoms with Crippen molar-refractivity contribution in [2.24, 2.45) is 0 Å². The number of sulfonamides is 1. The molecule has 0 saturated carbocycles. The van der Waals surface area contributed by atoms with Gasteiger partial charge < -0.3 is 5.73 Å². The fourth-order valence-electron chi connectivity index (χ4n) is 2.72. The van der Waals surface area contributed by atoms with Gasteiger partial charge in [-0.25, -0.2) is 12.8 Å². The van der Waals surface area contributed by atoms with Gasteiger partial charge in [-0.1, -0.05) is 12.1 Å². The summed E-state index contributed by atoms with van der Waals surface area (Å²) in [6.45, 7) is 0.341. The van der Waals surface area contributed by atoms with E-state index in [0.717, 1.165) is 24.8 Å². The van der Waals surface area contributed by atoms with Gasteiger partial charge in [-0.2, -0.15) is 0 Å². The highest BCUT2D eigenvalue weighted by Gasteiger charge is 2.28. The lowest BCUT2D eigenvalue weighted by atomic mass is 10.1. The maximum absolute atomic E-state index is 13.6. The minimum atomic E-state index is -3.75. The molecule has 2 aromatic rings. The molecule has 0 amide bonds. The summed E-state index contributed by atoms with van der Waals surface area (Å²) in [5.74, 6) is -0.437. The molecule has 0 aromatic heterocycles. The van der Waals surface area contributed by atoms with Crippen LogP contribution in [-0.4, -0.2) is 15.0 Å². The van der Waals surface area contributed by atoms with Gasteiger partial charge in [0, 0.05) is 12.2 Å². The lowest BCUT2D eigenvalue weighted by molar-refractivity contribution is 0.589. The zero-order valence-corrected chi connectivity index (χ0v) is 12.8. The molecule has 0 bridgehead atoms. The first kappa shape index (κ1) is 14.8. The fourth-order valence-corrected chi connectivity index (χ4v) is 4.31. The van der Waals surface area contributed by atoms with Crippen LogP contribution >= 0.6 is 0 Å². The molecule has 1 aliphatic rings. The molecule has 2 aromatic carbocycles. The Kier molecular flexibility index (Phi) is 3.78. The third-order valence-corrected chi connectivity index (χ3v) is 5.63. The van der Waals surface area contributed by atoms with Gasteiger partial charge in [0.15, 0.2) is 0 Å². The highest BCUT2D eigenvalue weighted by atomic mass is 32.2. The summed E-state index contributed by atoms with van der Waals surface area (Å²) >= 11 is 0. The lowest BCUT2D eigenvalue weighted by Crippen LogP contribution is -2.32. The second-order valence-corrected chi connectivity index (χ2v) is 7.24. The Hall–Kier alpha value is -2.08. The second kappa shape index (κ2) is 5.61. The van der Waals surface area contributed by atoms with E-state index in [4.69, 9.17) is 5.73 Å². The molecular weight excluding hydrogens is 303 g/mol. The van der Waals surface area contributed by atoms with Crippen molar-refractivity contribution in [1.29, 1.82) is 0 Å². The van der Waals surface area contributed by atoms with Crippen molar-refractivity contribution in [3.05, 3.63) is 53.8 Å². The van der Waals surface area contributed by atoms with E-state index in [1.165, 1.54) is 28.6 Å². The van der Waals surface area contributed by atoms with E-state index < -0.39 is 15.8 Å². The smallest absolute Gasteiger partial charge is 0.264 e. The molecular formula is C16H17FN2O2S. The number of hydrogen-bond acceptors (Lipinski definition) is 3. The molecule has 0 radical (unpaired) electrons. The lowest BCUT2D eigenvalue weighted by Gasteiger charge is -2.24. The van der Waals surface area contributed by atoms with Crippen LogP contribution < -0.4 is 10.0 Å². The number of rotatable bonds is 2. The Balaban J connectivity index is 2.13. The van der Waals surface area contributed by atoms with Crippen LogP contribution in [-0.2, 0) is 16.4 Å². The van der Waals surface area contributed by atoms with Gasteiger partial charge in [-0.15, -0.1) is 0 Å². The molecule has 0 atom stereocenters. The van der Waals surface area contributed by atoms with Crippen LogP contribution in [0.25, 0.3) is 0 Å². The summed E-state index contributed by atoms with van der Waals surface area (Å²) < 4.78 is 40.7. The second-order valence-electron chi connectivity index (χ2n) is 5.38. The highest BCUT2D eigenvalue weighted by Crippen LogP contribution is 2.32. The van der Waals surface area contributed by atoms with Gasteiger partial charge in [0.05, 0.1) is 10.6 Å². The average molecular weight is 320 g/mol. The predicted molar refractivity (Wildman–Crippen MR) is 84.7 cm³/mol. The summed E-state index contributed by atoms with van der Waals surface area (Å²) in [4.78, 5) is 0.129. The standard InChI is InChI=1S/C16H17FN2O2S/c17-13-8-7-12-4-1-2-9-19(16(12)10-13)22(20,21)15-6-3-5-14(18)11-15/h3,5-8,10-11H,1-2,4,9,18H2. The number of nitrogens with zero attached hydrogens (tertiary/aromatic N) is 1. The van der Waals surface area contributed by atoms with Crippen LogP contribution in [0.3, 0.4) is 0 Å². The van der Waals surface area contributed by atoms with Crippen LogP contribution in [0.4, 0.5) is 15.8 Å². The molecule has 0 aliphatic carbocycles. The Morgan fingerprint density at radius 2 is 1.91 bits per heavy atom. The number of nitrogen functional groups attached to an aromatic ring is 1. The van der Waals surface area contributed by atoms with Gasteiger partial charge in [-0.05, 0) is 55.2 Å².